The van der Waals surface area contributed by atoms with Crippen LogP contribution in [0.2, 0.25) is 0 Å². The van der Waals surface area contributed by atoms with Gasteiger partial charge < -0.3 is 11.1 Å². The van der Waals surface area contributed by atoms with Gasteiger partial charge in [0.05, 0.1) is 5.69 Å². The van der Waals surface area contributed by atoms with Gasteiger partial charge in [-0.2, -0.15) is 0 Å². The van der Waals surface area contributed by atoms with Gasteiger partial charge in [-0.3, -0.25) is 4.90 Å². The molecular formula is C14H14FN3O. The lowest BCUT2D eigenvalue weighted by atomic mass is 10.3. The largest absolute Gasteiger partial charge is 0.399 e. The van der Waals surface area contributed by atoms with Crippen LogP contribution in [-0.4, -0.2) is 13.1 Å². The average Bonchev–Trinajstić information content (AvgIpc) is 2.41. The molecule has 0 radical (unpaired) electrons. The van der Waals surface area contributed by atoms with Crippen molar-refractivity contribution >= 4 is 23.1 Å². The molecule has 2 aromatic carbocycles. The van der Waals surface area contributed by atoms with Crippen molar-refractivity contribution in [2.24, 2.45) is 0 Å². The molecule has 0 bridgehead atoms. The molecule has 0 aliphatic rings. The molecule has 5 heteroatoms. The summed E-state index contributed by atoms with van der Waals surface area (Å²) in [4.78, 5) is 13.2. The number of anilines is 3. The van der Waals surface area contributed by atoms with Crippen LogP contribution in [0.15, 0.2) is 48.5 Å². The van der Waals surface area contributed by atoms with Gasteiger partial charge in [0.1, 0.15) is 5.82 Å². The van der Waals surface area contributed by atoms with Gasteiger partial charge in [0.25, 0.3) is 0 Å². The highest BCUT2D eigenvalue weighted by Crippen LogP contribution is 2.18. The Morgan fingerprint density at radius 3 is 2.42 bits per heavy atom. The van der Waals surface area contributed by atoms with Crippen LogP contribution >= 0.6 is 0 Å². The highest BCUT2D eigenvalue weighted by molar-refractivity contribution is 6.01. The SMILES string of the molecule is CN(C(=O)Nc1ccc(N)cc1)c1ccccc1F. The highest BCUT2D eigenvalue weighted by atomic mass is 19.1. The molecule has 0 spiro atoms. The Morgan fingerprint density at radius 1 is 1.16 bits per heavy atom. The van der Waals surface area contributed by atoms with Gasteiger partial charge in [-0.05, 0) is 36.4 Å². The van der Waals surface area contributed by atoms with Crippen LogP contribution in [0.5, 0.6) is 0 Å². The lowest BCUT2D eigenvalue weighted by molar-refractivity contribution is 0.258. The Hall–Kier alpha value is -2.56. The van der Waals surface area contributed by atoms with Crippen molar-refractivity contribution in [2.45, 2.75) is 0 Å². The maximum atomic E-state index is 13.6. The number of amides is 2. The van der Waals surface area contributed by atoms with Crippen LogP contribution < -0.4 is 16.0 Å². The Balaban J connectivity index is 2.12. The first-order valence-electron chi connectivity index (χ1n) is 5.72. The topological polar surface area (TPSA) is 58.4 Å². The second-order valence-corrected chi connectivity index (χ2v) is 4.06. The third-order valence-corrected chi connectivity index (χ3v) is 2.68. The van der Waals surface area contributed by atoms with E-state index in [0.717, 1.165) is 0 Å². The fraction of sp³-hybridized carbons (Fsp3) is 0.0714. The number of nitrogens with one attached hydrogen (secondary N) is 1. The summed E-state index contributed by atoms with van der Waals surface area (Å²) in [6.07, 6.45) is 0. The third-order valence-electron chi connectivity index (χ3n) is 2.68. The molecule has 2 rings (SSSR count). The van der Waals surface area contributed by atoms with Crippen LogP contribution in [0.25, 0.3) is 0 Å². The average molecular weight is 259 g/mol. The van der Waals surface area contributed by atoms with Gasteiger partial charge in [-0.25, -0.2) is 9.18 Å². The lowest BCUT2D eigenvalue weighted by Crippen LogP contribution is -2.31. The number of carbonyl (C=O) groups is 1. The maximum Gasteiger partial charge on any atom is 0.326 e. The molecule has 3 N–H and O–H groups in total. The minimum Gasteiger partial charge on any atom is -0.399 e. The Labute approximate surface area is 110 Å². The Kier molecular flexibility index (Phi) is 3.66. The van der Waals surface area contributed by atoms with E-state index in [0.29, 0.717) is 11.4 Å². The molecule has 0 aliphatic heterocycles. The van der Waals surface area contributed by atoms with Crippen molar-refractivity contribution in [1.29, 1.82) is 0 Å². The molecule has 0 fully saturated rings. The van der Waals surface area contributed by atoms with Crippen molar-refractivity contribution in [3.63, 3.8) is 0 Å². The number of halogens is 1. The summed E-state index contributed by atoms with van der Waals surface area (Å²) in [5, 5.41) is 2.66. The van der Waals surface area contributed by atoms with Crippen molar-refractivity contribution in [3.8, 4) is 0 Å². The molecule has 98 valence electrons. The molecule has 0 aliphatic carbocycles. The maximum absolute atomic E-state index is 13.6. The van der Waals surface area contributed by atoms with E-state index in [-0.39, 0.29) is 5.69 Å². The van der Waals surface area contributed by atoms with Gasteiger partial charge in [0, 0.05) is 18.4 Å². The zero-order valence-corrected chi connectivity index (χ0v) is 10.4. The number of hydrogen-bond donors (Lipinski definition) is 2. The Bertz CT molecular complexity index is 583. The predicted molar refractivity (Wildman–Crippen MR) is 74.7 cm³/mol. The second kappa shape index (κ2) is 5.39. The lowest BCUT2D eigenvalue weighted by Gasteiger charge is -2.18. The summed E-state index contributed by atoms with van der Waals surface area (Å²) in [7, 11) is 1.51. The fourth-order valence-corrected chi connectivity index (χ4v) is 1.61. The van der Waals surface area contributed by atoms with E-state index in [1.54, 1.807) is 36.4 Å². The molecule has 0 atom stereocenters. The van der Waals surface area contributed by atoms with Crippen LogP contribution in [0, 0.1) is 5.82 Å². The molecule has 2 aromatic rings. The molecule has 19 heavy (non-hydrogen) atoms. The molecule has 0 unspecified atom stereocenters. The zero-order chi connectivity index (χ0) is 13.8. The molecule has 0 saturated carbocycles. The monoisotopic (exact) mass is 259 g/mol. The summed E-state index contributed by atoms with van der Waals surface area (Å²) in [6.45, 7) is 0. The van der Waals surface area contributed by atoms with Crippen LogP contribution in [0.1, 0.15) is 0 Å². The number of nitrogen functional groups attached to an aromatic ring is 1. The second-order valence-electron chi connectivity index (χ2n) is 4.06. The van der Waals surface area contributed by atoms with Gasteiger partial charge in [-0.15, -0.1) is 0 Å². The molecule has 0 heterocycles. The van der Waals surface area contributed by atoms with E-state index in [1.165, 1.54) is 24.1 Å². The summed E-state index contributed by atoms with van der Waals surface area (Å²) in [5.74, 6) is -0.447. The van der Waals surface area contributed by atoms with Crippen molar-refractivity contribution in [1.82, 2.24) is 0 Å². The molecule has 0 saturated heterocycles. The first-order valence-corrected chi connectivity index (χ1v) is 5.72. The summed E-state index contributed by atoms with van der Waals surface area (Å²) in [6, 6.07) is 12.4. The summed E-state index contributed by atoms with van der Waals surface area (Å²) in [5.41, 5.74) is 6.98. The zero-order valence-electron chi connectivity index (χ0n) is 10.4. The normalized spacial score (nSPS) is 10.0. The third kappa shape index (κ3) is 3.01. The van der Waals surface area contributed by atoms with Gasteiger partial charge in [0.15, 0.2) is 0 Å². The van der Waals surface area contributed by atoms with E-state index in [2.05, 4.69) is 5.32 Å². The van der Waals surface area contributed by atoms with E-state index in [4.69, 9.17) is 5.73 Å². The number of nitrogens with two attached hydrogens (primary N) is 1. The first-order chi connectivity index (χ1) is 9.08. The standard InChI is InChI=1S/C14H14FN3O/c1-18(13-5-3-2-4-12(13)15)14(19)17-11-8-6-10(16)7-9-11/h2-9H,16H2,1H3,(H,17,19). The molecule has 2 amide bonds. The number of benzene rings is 2. The Morgan fingerprint density at radius 2 is 1.79 bits per heavy atom. The van der Waals surface area contributed by atoms with E-state index in [1.807, 2.05) is 0 Å². The summed E-state index contributed by atoms with van der Waals surface area (Å²) >= 11 is 0. The van der Waals surface area contributed by atoms with Crippen LogP contribution in [0.3, 0.4) is 0 Å². The number of para-hydroxylation sites is 1. The minimum atomic E-state index is -0.447. The number of carbonyl (C=O) groups excluding carboxylic acids is 1. The first kappa shape index (κ1) is 12.9. The van der Waals surface area contributed by atoms with E-state index >= 15 is 0 Å². The molecule has 0 aromatic heterocycles. The highest BCUT2D eigenvalue weighted by Gasteiger charge is 2.14. The van der Waals surface area contributed by atoms with E-state index in [9.17, 15) is 9.18 Å². The smallest absolute Gasteiger partial charge is 0.326 e. The molecule has 4 nitrogen and oxygen atoms in total. The quantitative estimate of drug-likeness (QED) is 0.814. The number of hydrogen-bond acceptors (Lipinski definition) is 2. The predicted octanol–water partition coefficient (Wildman–Crippen LogP) is 3.08. The fourth-order valence-electron chi connectivity index (χ4n) is 1.61. The van der Waals surface area contributed by atoms with Crippen molar-refractivity contribution in [2.75, 3.05) is 23.0 Å². The van der Waals surface area contributed by atoms with E-state index < -0.39 is 11.8 Å². The van der Waals surface area contributed by atoms with Gasteiger partial charge in [0.2, 0.25) is 0 Å². The number of urea groups is 1. The van der Waals surface area contributed by atoms with Crippen molar-refractivity contribution in [3.05, 3.63) is 54.3 Å². The number of rotatable bonds is 2. The van der Waals surface area contributed by atoms with Crippen molar-refractivity contribution < 1.29 is 9.18 Å². The van der Waals surface area contributed by atoms with Crippen LogP contribution in [0.4, 0.5) is 26.2 Å². The van der Waals surface area contributed by atoms with Crippen LogP contribution in [-0.2, 0) is 0 Å². The number of nitrogens with zero attached hydrogens (tertiary/aromatic N) is 1. The van der Waals surface area contributed by atoms with Gasteiger partial charge >= 0.3 is 6.03 Å². The summed E-state index contributed by atoms with van der Waals surface area (Å²) < 4.78 is 13.6. The van der Waals surface area contributed by atoms with Gasteiger partial charge in [-0.1, -0.05) is 12.1 Å². The minimum absolute atomic E-state index is 0.218. The molecular weight excluding hydrogens is 245 g/mol.